The van der Waals surface area contributed by atoms with Gasteiger partial charge in [-0.1, -0.05) is 0 Å². The van der Waals surface area contributed by atoms with Gasteiger partial charge in [0.1, 0.15) is 13.2 Å². The van der Waals surface area contributed by atoms with Crippen LogP contribution in [0, 0.1) is 0 Å². The highest BCUT2D eigenvalue weighted by Crippen LogP contribution is 1.91. The van der Waals surface area contributed by atoms with Crippen LogP contribution in [0.25, 0.3) is 0 Å². The minimum atomic E-state index is 0.226. The minimum absolute atomic E-state index is 0.226. The van der Waals surface area contributed by atoms with Crippen molar-refractivity contribution in [2.24, 2.45) is 0 Å². The summed E-state index contributed by atoms with van der Waals surface area (Å²) in [4.78, 5) is 8.44. The first kappa shape index (κ1) is 5.89. The first-order valence-electron chi connectivity index (χ1n) is 1.91. The predicted molar refractivity (Wildman–Crippen MR) is 16.2 cm³/mol. The van der Waals surface area contributed by atoms with E-state index in [2.05, 4.69) is 29.9 Å². The van der Waals surface area contributed by atoms with Crippen LogP contribution in [0.1, 0.15) is 0 Å². The molecule has 0 atom stereocenters. The average Bonchev–Trinajstić information content (AvgIpc) is 1.62. The molecular formula is C2H4O6. The Morgan fingerprint density at radius 2 is 1.12 bits per heavy atom. The van der Waals surface area contributed by atoms with Crippen molar-refractivity contribution in [2.45, 2.75) is 0 Å². The van der Waals surface area contributed by atoms with Crippen molar-refractivity contribution in [2.75, 3.05) is 13.2 Å². The maximum absolute atomic E-state index is 4.22. The summed E-state index contributed by atoms with van der Waals surface area (Å²) in [6.45, 7) is 0.451. The van der Waals surface area contributed by atoms with E-state index in [9.17, 15) is 0 Å². The third-order valence-electron chi connectivity index (χ3n) is 0.430. The zero-order chi connectivity index (χ0) is 5.66. The molecule has 0 aromatic carbocycles. The standard InChI is InChI=1S/C2H4O6/c1-2-4-6-8-7-5-3-1/h1-2H2. The molecule has 8 heavy (non-hydrogen) atoms. The van der Waals surface area contributed by atoms with E-state index in [4.69, 9.17) is 0 Å². The highest BCUT2D eigenvalue weighted by atomic mass is 17.8. The van der Waals surface area contributed by atoms with Crippen LogP contribution in [0.3, 0.4) is 0 Å². The van der Waals surface area contributed by atoms with Crippen molar-refractivity contribution < 1.29 is 29.9 Å². The molecule has 0 N–H and O–H groups in total. The smallest absolute Gasteiger partial charge is 0.112 e. The van der Waals surface area contributed by atoms with Crippen molar-refractivity contribution in [1.29, 1.82) is 0 Å². The Balaban J connectivity index is 2.00. The summed E-state index contributed by atoms with van der Waals surface area (Å²) in [5.74, 6) is 0. The summed E-state index contributed by atoms with van der Waals surface area (Å²) in [7, 11) is 0. The second-order valence-electron chi connectivity index (χ2n) is 0.916. The highest BCUT2D eigenvalue weighted by Gasteiger charge is 1.98. The van der Waals surface area contributed by atoms with Gasteiger partial charge in [0.25, 0.3) is 0 Å². The van der Waals surface area contributed by atoms with Crippen LogP contribution >= 0.6 is 0 Å². The molecule has 0 spiro atoms. The van der Waals surface area contributed by atoms with E-state index in [1.807, 2.05) is 0 Å². The van der Waals surface area contributed by atoms with Crippen LogP contribution in [0.5, 0.6) is 0 Å². The average molecular weight is 124 g/mol. The molecule has 1 rings (SSSR count). The summed E-state index contributed by atoms with van der Waals surface area (Å²) in [6.07, 6.45) is 0. The van der Waals surface area contributed by atoms with Gasteiger partial charge in [0.15, 0.2) is 0 Å². The number of hydrogen-bond donors (Lipinski definition) is 0. The summed E-state index contributed by atoms with van der Waals surface area (Å²) < 4.78 is 0. The lowest BCUT2D eigenvalue weighted by Gasteiger charge is -2.04. The van der Waals surface area contributed by atoms with Gasteiger partial charge in [-0.25, -0.2) is 9.78 Å². The van der Waals surface area contributed by atoms with E-state index >= 15 is 0 Å². The van der Waals surface area contributed by atoms with Gasteiger partial charge in [-0.3, -0.25) is 0 Å². The molecule has 1 aliphatic rings. The second-order valence-corrected chi connectivity index (χ2v) is 0.916. The molecule has 0 amide bonds. The van der Waals surface area contributed by atoms with Crippen molar-refractivity contribution in [3.8, 4) is 0 Å². The molecule has 0 aromatic heterocycles. The molecule has 1 fully saturated rings. The van der Waals surface area contributed by atoms with Crippen molar-refractivity contribution in [3.63, 3.8) is 0 Å². The largest absolute Gasteiger partial charge is 0.201 e. The SMILES string of the molecule is C1COOOOOO1. The lowest BCUT2D eigenvalue weighted by Crippen LogP contribution is -2.11. The molecule has 0 aromatic rings. The van der Waals surface area contributed by atoms with Crippen LogP contribution in [-0.2, 0) is 29.9 Å². The zero-order valence-corrected chi connectivity index (χ0v) is 3.86. The Kier molecular flexibility index (Phi) is 2.74. The van der Waals surface area contributed by atoms with Gasteiger partial charge in [0.05, 0.1) is 0 Å². The molecule has 0 unspecified atom stereocenters. The first-order chi connectivity index (χ1) is 4.00. The monoisotopic (exact) mass is 124 g/mol. The molecule has 6 heteroatoms. The molecular weight excluding hydrogens is 120 g/mol. The molecule has 1 heterocycles. The quantitative estimate of drug-likeness (QED) is 0.412. The maximum Gasteiger partial charge on any atom is 0.112 e. The molecule has 48 valence electrons. The van der Waals surface area contributed by atoms with E-state index in [0.29, 0.717) is 0 Å². The molecule has 0 aliphatic carbocycles. The highest BCUT2D eigenvalue weighted by molar-refractivity contribution is 4.13. The predicted octanol–water partition coefficient (Wildman–Crippen LogP) is -0.325. The van der Waals surface area contributed by atoms with E-state index < -0.39 is 0 Å². The van der Waals surface area contributed by atoms with E-state index in [1.165, 1.54) is 0 Å². The summed E-state index contributed by atoms with van der Waals surface area (Å²) in [5.41, 5.74) is 0. The van der Waals surface area contributed by atoms with E-state index in [-0.39, 0.29) is 13.2 Å². The Hall–Kier alpha value is -0.240. The Morgan fingerprint density at radius 1 is 0.625 bits per heavy atom. The van der Waals surface area contributed by atoms with Crippen LogP contribution in [0.2, 0.25) is 0 Å². The van der Waals surface area contributed by atoms with Gasteiger partial charge >= 0.3 is 0 Å². The summed E-state index contributed by atoms with van der Waals surface area (Å²) >= 11 is 0. The lowest BCUT2D eigenvalue weighted by atomic mass is 10.8. The Bertz CT molecular complexity index is 30.5. The molecule has 0 saturated carbocycles. The van der Waals surface area contributed by atoms with Gasteiger partial charge in [-0.15, -0.1) is 0 Å². The van der Waals surface area contributed by atoms with Gasteiger partial charge in [-0.2, -0.15) is 0 Å². The van der Waals surface area contributed by atoms with E-state index in [1.54, 1.807) is 0 Å². The molecule has 6 nitrogen and oxygen atoms in total. The van der Waals surface area contributed by atoms with E-state index in [0.717, 1.165) is 0 Å². The molecule has 1 aliphatic heterocycles. The zero-order valence-electron chi connectivity index (χ0n) is 3.86. The maximum atomic E-state index is 4.22. The third-order valence-corrected chi connectivity index (χ3v) is 0.430. The summed E-state index contributed by atoms with van der Waals surface area (Å²) in [5, 5.41) is 15.1. The fraction of sp³-hybridized carbons (Fsp3) is 1.00. The van der Waals surface area contributed by atoms with Crippen LogP contribution < -0.4 is 0 Å². The fourth-order valence-corrected chi connectivity index (χ4v) is 0.198. The number of rotatable bonds is 0. The van der Waals surface area contributed by atoms with Crippen molar-refractivity contribution >= 4 is 0 Å². The second kappa shape index (κ2) is 3.72. The van der Waals surface area contributed by atoms with Gasteiger partial charge in [0.2, 0.25) is 0 Å². The molecule has 1 saturated heterocycles. The Morgan fingerprint density at radius 3 is 1.62 bits per heavy atom. The minimum Gasteiger partial charge on any atom is -0.201 e. The topological polar surface area (TPSA) is 55.4 Å². The summed E-state index contributed by atoms with van der Waals surface area (Å²) in [6, 6.07) is 0. The van der Waals surface area contributed by atoms with Gasteiger partial charge in [0, 0.05) is 0 Å². The first-order valence-corrected chi connectivity index (χ1v) is 1.91. The van der Waals surface area contributed by atoms with Gasteiger partial charge < -0.3 is 0 Å². The molecule has 0 bridgehead atoms. The molecule has 0 radical (unpaired) electrons. The third kappa shape index (κ3) is 2.17. The van der Waals surface area contributed by atoms with Crippen LogP contribution in [0.4, 0.5) is 0 Å². The lowest BCUT2D eigenvalue weighted by molar-refractivity contribution is -0.769. The Labute approximate surface area is 44.4 Å². The normalized spacial score (nSPS) is 24.0. The fourth-order valence-electron chi connectivity index (χ4n) is 0.198. The van der Waals surface area contributed by atoms with Crippen LogP contribution in [-0.4, -0.2) is 13.2 Å². The van der Waals surface area contributed by atoms with Gasteiger partial charge in [-0.05, 0) is 20.2 Å². The van der Waals surface area contributed by atoms with Crippen molar-refractivity contribution in [1.82, 2.24) is 0 Å². The number of hydrogen-bond acceptors (Lipinski definition) is 6. The van der Waals surface area contributed by atoms with Crippen LogP contribution in [0.15, 0.2) is 0 Å². The van der Waals surface area contributed by atoms with Crippen molar-refractivity contribution in [3.05, 3.63) is 0 Å².